The Hall–Kier alpha value is -1.81. The van der Waals surface area contributed by atoms with Crippen LogP contribution in [0.3, 0.4) is 0 Å². The van der Waals surface area contributed by atoms with Crippen molar-refractivity contribution < 1.29 is 4.74 Å². The van der Waals surface area contributed by atoms with E-state index in [1.54, 1.807) is 0 Å². The second kappa shape index (κ2) is 5.90. The fraction of sp³-hybridized carbons (Fsp3) is 0.471. The Morgan fingerprint density at radius 3 is 2.81 bits per heavy atom. The summed E-state index contributed by atoms with van der Waals surface area (Å²) in [4.78, 5) is 4.58. The lowest BCUT2D eigenvalue weighted by atomic mass is 9.92. The summed E-state index contributed by atoms with van der Waals surface area (Å²) in [6.07, 6.45) is 2.25. The molecule has 4 nitrogen and oxygen atoms in total. The molecule has 21 heavy (non-hydrogen) atoms. The molecule has 1 aliphatic rings. The van der Waals surface area contributed by atoms with E-state index in [9.17, 15) is 0 Å². The van der Waals surface area contributed by atoms with Crippen LogP contribution in [0.4, 0.5) is 11.4 Å². The van der Waals surface area contributed by atoms with E-state index in [1.165, 1.54) is 0 Å². The quantitative estimate of drug-likeness (QED) is 0.849. The number of aryl methyl sites for hydroxylation is 1. The van der Waals surface area contributed by atoms with Crippen molar-refractivity contribution in [2.45, 2.75) is 32.7 Å². The highest BCUT2D eigenvalue weighted by molar-refractivity contribution is 5.93. The van der Waals surface area contributed by atoms with E-state index in [0.717, 1.165) is 54.0 Å². The molecule has 1 unspecified atom stereocenters. The van der Waals surface area contributed by atoms with Crippen LogP contribution in [0.1, 0.15) is 25.5 Å². The summed E-state index contributed by atoms with van der Waals surface area (Å²) < 4.78 is 5.45. The molecule has 4 heteroatoms. The Labute approximate surface area is 125 Å². The Kier molecular flexibility index (Phi) is 3.97. The van der Waals surface area contributed by atoms with Gasteiger partial charge >= 0.3 is 0 Å². The number of hydrogen-bond donors (Lipinski definition) is 2. The summed E-state index contributed by atoms with van der Waals surface area (Å²) in [6.45, 7) is 6.03. The molecule has 0 aliphatic carbocycles. The largest absolute Gasteiger partial charge is 0.399 e. The Morgan fingerprint density at radius 1 is 1.29 bits per heavy atom. The number of fused-ring (bicyclic) bond motifs is 1. The molecule has 3 N–H and O–H groups in total. The van der Waals surface area contributed by atoms with Gasteiger partial charge in [-0.3, -0.25) is 4.98 Å². The lowest BCUT2D eigenvalue weighted by molar-refractivity contribution is 0.0622. The molecular formula is C17H23N3O. The number of nitrogens with two attached hydrogens (primary N) is 1. The van der Waals surface area contributed by atoms with Crippen molar-refractivity contribution in [2.75, 3.05) is 24.3 Å². The number of anilines is 2. The monoisotopic (exact) mass is 285 g/mol. The average Bonchev–Trinajstić information content (AvgIpc) is 2.49. The van der Waals surface area contributed by atoms with Gasteiger partial charge in [0.2, 0.25) is 0 Å². The molecule has 1 atom stereocenters. The maximum Gasteiger partial charge on any atom is 0.0727 e. The van der Waals surface area contributed by atoms with E-state index in [1.807, 2.05) is 25.1 Å². The normalized spacial score (nSPS) is 17.8. The minimum Gasteiger partial charge on any atom is -0.399 e. The van der Waals surface area contributed by atoms with Gasteiger partial charge in [0.25, 0.3) is 0 Å². The third-order valence-electron chi connectivity index (χ3n) is 4.32. The number of nitrogen functional groups attached to an aromatic ring is 1. The minimum absolute atomic E-state index is 0.417. The molecular weight excluding hydrogens is 262 g/mol. The first-order chi connectivity index (χ1) is 10.1. The number of nitrogens with one attached hydrogen (secondary N) is 1. The van der Waals surface area contributed by atoms with Gasteiger partial charge in [0, 0.05) is 41.7 Å². The molecule has 0 bridgehead atoms. The smallest absolute Gasteiger partial charge is 0.0727 e. The van der Waals surface area contributed by atoms with Crippen molar-refractivity contribution in [1.82, 2.24) is 4.98 Å². The van der Waals surface area contributed by atoms with Crippen LogP contribution in [0.5, 0.6) is 0 Å². The zero-order valence-electron chi connectivity index (χ0n) is 12.7. The zero-order chi connectivity index (χ0) is 14.8. The molecule has 112 valence electrons. The Morgan fingerprint density at radius 2 is 2.05 bits per heavy atom. The fourth-order valence-corrected chi connectivity index (χ4v) is 3.07. The highest BCUT2D eigenvalue weighted by Crippen LogP contribution is 2.28. The second-order valence-electron chi connectivity index (χ2n) is 5.97. The molecule has 2 aromatic rings. The zero-order valence-corrected chi connectivity index (χ0v) is 12.7. The van der Waals surface area contributed by atoms with Crippen molar-refractivity contribution >= 4 is 22.3 Å². The van der Waals surface area contributed by atoms with Gasteiger partial charge < -0.3 is 15.8 Å². The molecule has 1 fully saturated rings. The third kappa shape index (κ3) is 3.10. The van der Waals surface area contributed by atoms with E-state index in [-0.39, 0.29) is 0 Å². The number of nitrogens with zero attached hydrogens (tertiary/aromatic N) is 1. The van der Waals surface area contributed by atoms with Gasteiger partial charge in [-0.15, -0.1) is 0 Å². The summed E-state index contributed by atoms with van der Waals surface area (Å²) >= 11 is 0. The van der Waals surface area contributed by atoms with Crippen LogP contribution in [0, 0.1) is 12.8 Å². The van der Waals surface area contributed by atoms with Gasteiger partial charge in [0.05, 0.1) is 5.52 Å². The first kappa shape index (κ1) is 14.1. The highest BCUT2D eigenvalue weighted by Gasteiger charge is 2.21. The number of rotatable bonds is 3. The molecule has 0 radical (unpaired) electrons. The Bertz CT molecular complexity index is 635. The van der Waals surface area contributed by atoms with E-state index in [2.05, 4.69) is 23.3 Å². The second-order valence-corrected chi connectivity index (χ2v) is 5.97. The third-order valence-corrected chi connectivity index (χ3v) is 4.32. The molecule has 0 spiro atoms. The molecule has 0 amide bonds. The van der Waals surface area contributed by atoms with Crippen LogP contribution in [-0.2, 0) is 4.74 Å². The molecule has 3 rings (SSSR count). The standard InChI is InChI=1S/C17H23N3O/c1-11-9-17(15-10-14(18)3-4-16(15)19-11)20-12(2)13-5-7-21-8-6-13/h3-4,9-10,12-13H,5-8,18H2,1-2H3,(H,19,20). The minimum atomic E-state index is 0.417. The maximum absolute atomic E-state index is 5.93. The maximum atomic E-state index is 5.93. The highest BCUT2D eigenvalue weighted by atomic mass is 16.5. The van der Waals surface area contributed by atoms with Gasteiger partial charge in [-0.2, -0.15) is 0 Å². The van der Waals surface area contributed by atoms with E-state index < -0.39 is 0 Å². The van der Waals surface area contributed by atoms with Crippen LogP contribution in [0.2, 0.25) is 0 Å². The predicted octanol–water partition coefficient (Wildman–Crippen LogP) is 3.35. The van der Waals surface area contributed by atoms with Crippen LogP contribution in [0.25, 0.3) is 10.9 Å². The van der Waals surface area contributed by atoms with Crippen LogP contribution in [0.15, 0.2) is 24.3 Å². The van der Waals surface area contributed by atoms with Crippen molar-refractivity contribution in [1.29, 1.82) is 0 Å². The molecule has 0 saturated carbocycles. The molecule has 1 aliphatic heterocycles. The molecule has 1 aromatic heterocycles. The molecule has 1 aromatic carbocycles. The summed E-state index contributed by atoms with van der Waals surface area (Å²) in [5, 5.41) is 4.77. The van der Waals surface area contributed by atoms with Crippen LogP contribution >= 0.6 is 0 Å². The lowest BCUT2D eigenvalue weighted by Crippen LogP contribution is -2.31. The van der Waals surface area contributed by atoms with Crippen molar-refractivity contribution in [3.8, 4) is 0 Å². The van der Waals surface area contributed by atoms with Crippen molar-refractivity contribution in [3.63, 3.8) is 0 Å². The van der Waals surface area contributed by atoms with E-state index in [0.29, 0.717) is 12.0 Å². The van der Waals surface area contributed by atoms with Crippen molar-refractivity contribution in [3.05, 3.63) is 30.0 Å². The van der Waals surface area contributed by atoms with Crippen molar-refractivity contribution in [2.24, 2.45) is 5.92 Å². The van der Waals surface area contributed by atoms with Crippen LogP contribution in [-0.4, -0.2) is 24.2 Å². The number of ether oxygens (including phenoxy) is 1. The topological polar surface area (TPSA) is 60.2 Å². The SMILES string of the molecule is Cc1cc(NC(C)C2CCOCC2)c2cc(N)ccc2n1. The summed E-state index contributed by atoms with van der Waals surface area (Å²) in [7, 11) is 0. The summed E-state index contributed by atoms with van der Waals surface area (Å²) in [5.41, 5.74) is 9.85. The van der Waals surface area contributed by atoms with E-state index >= 15 is 0 Å². The number of pyridine rings is 1. The van der Waals surface area contributed by atoms with Gasteiger partial charge in [-0.1, -0.05) is 0 Å². The number of hydrogen-bond acceptors (Lipinski definition) is 4. The summed E-state index contributed by atoms with van der Waals surface area (Å²) in [5.74, 6) is 0.656. The van der Waals surface area contributed by atoms with Crippen LogP contribution < -0.4 is 11.1 Å². The first-order valence-electron chi connectivity index (χ1n) is 7.64. The molecule has 2 heterocycles. The Balaban J connectivity index is 1.90. The van der Waals surface area contributed by atoms with Gasteiger partial charge in [-0.25, -0.2) is 0 Å². The van der Waals surface area contributed by atoms with Gasteiger partial charge in [-0.05, 0) is 56.9 Å². The van der Waals surface area contributed by atoms with Gasteiger partial charge in [0.1, 0.15) is 0 Å². The number of aromatic nitrogens is 1. The van der Waals surface area contributed by atoms with Gasteiger partial charge in [0.15, 0.2) is 0 Å². The predicted molar refractivity (Wildman–Crippen MR) is 87.5 cm³/mol. The lowest BCUT2D eigenvalue weighted by Gasteiger charge is -2.29. The average molecular weight is 285 g/mol. The summed E-state index contributed by atoms with van der Waals surface area (Å²) in [6, 6.07) is 8.42. The first-order valence-corrected chi connectivity index (χ1v) is 7.64. The fourth-order valence-electron chi connectivity index (χ4n) is 3.07. The molecule has 1 saturated heterocycles. The number of benzene rings is 1. The van der Waals surface area contributed by atoms with E-state index in [4.69, 9.17) is 10.5 Å².